The summed E-state index contributed by atoms with van der Waals surface area (Å²) in [4.78, 5) is 9.14. The number of ether oxygens (including phenoxy) is 1. The molecule has 0 spiro atoms. The molecular formula is C24H21FN2O. The molecule has 4 heteroatoms. The van der Waals surface area contributed by atoms with Gasteiger partial charge in [-0.3, -0.25) is 0 Å². The second-order valence-electron chi connectivity index (χ2n) is 7.15. The third-order valence-electron chi connectivity index (χ3n) is 4.68. The highest BCUT2D eigenvalue weighted by atomic mass is 19.1. The van der Waals surface area contributed by atoms with Gasteiger partial charge in [-0.25, -0.2) is 9.37 Å². The highest BCUT2D eigenvalue weighted by Gasteiger charge is 2.16. The molecule has 0 amide bonds. The first-order valence-electron chi connectivity index (χ1n) is 9.33. The Hall–Kier alpha value is -3.27. The van der Waals surface area contributed by atoms with Gasteiger partial charge in [-0.2, -0.15) is 4.98 Å². The molecule has 0 aliphatic heterocycles. The number of nitrogens with zero attached hydrogens (tertiary/aromatic N) is 2. The minimum absolute atomic E-state index is 0.301. The largest absolute Gasteiger partial charge is 0.438 e. The van der Waals surface area contributed by atoms with E-state index in [0.717, 1.165) is 22.3 Å². The van der Waals surface area contributed by atoms with Gasteiger partial charge in [-0.15, -0.1) is 0 Å². The maximum Gasteiger partial charge on any atom is 0.230 e. The van der Waals surface area contributed by atoms with Crippen LogP contribution in [-0.4, -0.2) is 9.97 Å². The molecule has 4 rings (SSSR count). The number of halogens is 1. The van der Waals surface area contributed by atoms with Gasteiger partial charge in [0.05, 0.1) is 16.5 Å². The molecule has 140 valence electrons. The predicted octanol–water partition coefficient (Wildman–Crippen LogP) is 6.66. The minimum Gasteiger partial charge on any atom is -0.438 e. The molecule has 3 nitrogen and oxygen atoms in total. The van der Waals surface area contributed by atoms with Crippen molar-refractivity contribution in [1.29, 1.82) is 0 Å². The zero-order chi connectivity index (χ0) is 19.7. The van der Waals surface area contributed by atoms with E-state index in [1.54, 1.807) is 18.2 Å². The van der Waals surface area contributed by atoms with E-state index in [-0.39, 0.29) is 5.82 Å². The van der Waals surface area contributed by atoms with E-state index in [1.165, 1.54) is 6.07 Å². The molecule has 0 fully saturated rings. The molecule has 0 bridgehead atoms. The first-order valence-corrected chi connectivity index (χ1v) is 9.33. The van der Waals surface area contributed by atoms with Gasteiger partial charge in [0, 0.05) is 0 Å². The van der Waals surface area contributed by atoms with Crippen LogP contribution in [0.4, 0.5) is 4.39 Å². The molecule has 3 aromatic carbocycles. The Morgan fingerprint density at radius 2 is 1.64 bits per heavy atom. The van der Waals surface area contributed by atoms with Crippen LogP contribution >= 0.6 is 0 Å². The third kappa shape index (κ3) is 3.46. The van der Waals surface area contributed by atoms with Crippen molar-refractivity contribution in [2.75, 3.05) is 0 Å². The number of hydrogen-bond donors (Lipinski definition) is 0. The zero-order valence-electron chi connectivity index (χ0n) is 16.1. The summed E-state index contributed by atoms with van der Waals surface area (Å²) in [6, 6.07) is 20.3. The van der Waals surface area contributed by atoms with Crippen LogP contribution in [0, 0.1) is 12.7 Å². The smallest absolute Gasteiger partial charge is 0.230 e. The van der Waals surface area contributed by atoms with Crippen LogP contribution in [0.25, 0.3) is 22.3 Å². The molecular weight excluding hydrogens is 351 g/mol. The number of aryl methyl sites for hydroxylation is 1. The molecule has 0 aliphatic rings. The summed E-state index contributed by atoms with van der Waals surface area (Å²) in [6.45, 7) is 6.28. The first-order chi connectivity index (χ1) is 13.5. The summed E-state index contributed by atoms with van der Waals surface area (Å²) >= 11 is 0. The number of fused-ring (bicyclic) bond motifs is 1. The predicted molar refractivity (Wildman–Crippen MR) is 110 cm³/mol. The van der Waals surface area contributed by atoms with E-state index in [1.807, 2.05) is 37.3 Å². The quantitative estimate of drug-likeness (QED) is 0.402. The molecule has 4 aromatic rings. The maximum absolute atomic E-state index is 14.3. The summed E-state index contributed by atoms with van der Waals surface area (Å²) in [5, 5.41) is 0.791. The van der Waals surface area contributed by atoms with E-state index in [9.17, 15) is 4.39 Å². The van der Waals surface area contributed by atoms with Crippen molar-refractivity contribution < 1.29 is 9.13 Å². The number of aromatic nitrogens is 2. The van der Waals surface area contributed by atoms with Gasteiger partial charge in [0.15, 0.2) is 5.82 Å². The van der Waals surface area contributed by atoms with E-state index in [0.29, 0.717) is 28.7 Å². The first kappa shape index (κ1) is 18.1. The zero-order valence-corrected chi connectivity index (χ0v) is 16.1. The lowest BCUT2D eigenvalue weighted by Crippen LogP contribution is -2.00. The Morgan fingerprint density at radius 3 is 2.43 bits per heavy atom. The highest BCUT2D eigenvalue weighted by molar-refractivity contribution is 5.85. The van der Waals surface area contributed by atoms with Crippen molar-refractivity contribution in [3.8, 4) is 23.0 Å². The van der Waals surface area contributed by atoms with Gasteiger partial charge in [0.2, 0.25) is 5.88 Å². The van der Waals surface area contributed by atoms with Crippen LogP contribution in [0.5, 0.6) is 11.6 Å². The second-order valence-corrected chi connectivity index (χ2v) is 7.15. The van der Waals surface area contributed by atoms with Gasteiger partial charge in [0.1, 0.15) is 11.6 Å². The summed E-state index contributed by atoms with van der Waals surface area (Å²) in [6.07, 6.45) is 0. The number of hydrogen-bond acceptors (Lipinski definition) is 3. The molecule has 0 N–H and O–H groups in total. The third-order valence-corrected chi connectivity index (χ3v) is 4.68. The van der Waals surface area contributed by atoms with Crippen LogP contribution in [0.3, 0.4) is 0 Å². The molecule has 1 heterocycles. The fraction of sp³-hybridized carbons (Fsp3) is 0.167. The van der Waals surface area contributed by atoms with E-state index >= 15 is 0 Å². The normalized spacial score (nSPS) is 11.2. The summed E-state index contributed by atoms with van der Waals surface area (Å²) in [5.41, 5.74) is 3.27. The van der Waals surface area contributed by atoms with Crippen LogP contribution in [-0.2, 0) is 0 Å². The molecule has 1 aromatic heterocycles. The topological polar surface area (TPSA) is 35.0 Å². The summed E-state index contributed by atoms with van der Waals surface area (Å²) in [5.74, 6) is 1.44. The van der Waals surface area contributed by atoms with Gasteiger partial charge < -0.3 is 4.74 Å². The van der Waals surface area contributed by atoms with Crippen LogP contribution in [0.15, 0.2) is 66.7 Å². The summed E-state index contributed by atoms with van der Waals surface area (Å²) in [7, 11) is 0. The lowest BCUT2D eigenvalue weighted by Gasteiger charge is -2.16. The van der Waals surface area contributed by atoms with E-state index in [2.05, 4.69) is 35.9 Å². The Kier molecular flexibility index (Phi) is 4.78. The van der Waals surface area contributed by atoms with Crippen molar-refractivity contribution in [2.24, 2.45) is 0 Å². The summed E-state index contributed by atoms with van der Waals surface area (Å²) < 4.78 is 20.6. The van der Waals surface area contributed by atoms with Crippen LogP contribution in [0.1, 0.15) is 30.9 Å². The number of rotatable bonds is 4. The Morgan fingerprint density at radius 1 is 0.893 bits per heavy atom. The number of para-hydroxylation sites is 1. The van der Waals surface area contributed by atoms with Gasteiger partial charge in [-0.1, -0.05) is 50.2 Å². The lowest BCUT2D eigenvalue weighted by molar-refractivity contribution is 0.459. The van der Waals surface area contributed by atoms with Gasteiger partial charge >= 0.3 is 0 Å². The van der Waals surface area contributed by atoms with Crippen molar-refractivity contribution in [3.63, 3.8) is 0 Å². The monoisotopic (exact) mass is 372 g/mol. The standard InChI is InChI=1S/C24H21FN2O/c1-15(2)17-13-12-16(3)14-22(17)28-24-19-9-5-7-11-21(19)26-23(27-24)18-8-4-6-10-20(18)25/h4-15H,1-3H3. The van der Waals surface area contributed by atoms with Gasteiger partial charge in [0.25, 0.3) is 0 Å². The average molecular weight is 372 g/mol. The molecule has 28 heavy (non-hydrogen) atoms. The average Bonchev–Trinajstić information content (AvgIpc) is 2.68. The van der Waals surface area contributed by atoms with Crippen molar-refractivity contribution in [3.05, 3.63) is 83.7 Å². The Balaban J connectivity index is 1.90. The molecule has 0 saturated carbocycles. The minimum atomic E-state index is -0.359. The van der Waals surface area contributed by atoms with Crippen molar-refractivity contribution in [1.82, 2.24) is 9.97 Å². The second kappa shape index (κ2) is 7.39. The molecule has 0 aliphatic carbocycles. The Bertz CT molecular complexity index is 1150. The van der Waals surface area contributed by atoms with Gasteiger partial charge in [-0.05, 0) is 54.3 Å². The highest BCUT2D eigenvalue weighted by Crippen LogP contribution is 2.35. The van der Waals surface area contributed by atoms with Crippen LogP contribution in [0.2, 0.25) is 0 Å². The van der Waals surface area contributed by atoms with Crippen molar-refractivity contribution in [2.45, 2.75) is 26.7 Å². The maximum atomic E-state index is 14.3. The molecule has 0 radical (unpaired) electrons. The SMILES string of the molecule is Cc1ccc(C(C)C)c(Oc2nc(-c3ccccc3F)nc3ccccc23)c1. The fourth-order valence-electron chi connectivity index (χ4n) is 3.20. The lowest BCUT2D eigenvalue weighted by atomic mass is 10.0. The molecule has 0 unspecified atom stereocenters. The molecule has 0 saturated heterocycles. The Labute approximate surface area is 163 Å². The van der Waals surface area contributed by atoms with Crippen LogP contribution < -0.4 is 4.74 Å². The molecule has 0 atom stereocenters. The van der Waals surface area contributed by atoms with E-state index in [4.69, 9.17) is 4.74 Å². The number of benzene rings is 3. The van der Waals surface area contributed by atoms with Crippen molar-refractivity contribution >= 4 is 10.9 Å². The fourth-order valence-corrected chi connectivity index (χ4v) is 3.20. The van der Waals surface area contributed by atoms with E-state index < -0.39 is 0 Å².